The highest BCUT2D eigenvalue weighted by Gasteiger charge is 2.21. The maximum atomic E-state index is 13.6. The molecule has 3 aromatic heterocycles. The smallest absolute Gasteiger partial charge is 0.264 e. The molecule has 0 aliphatic rings. The highest BCUT2D eigenvalue weighted by atomic mass is 19.3. The van der Waals surface area contributed by atoms with Gasteiger partial charge < -0.3 is 0 Å². The number of pyridine rings is 1. The van der Waals surface area contributed by atoms with E-state index < -0.39 is 6.43 Å². The lowest BCUT2D eigenvalue weighted by atomic mass is 10.1. The second-order valence-electron chi connectivity index (χ2n) is 5.49. The molecule has 3 heterocycles. The number of aryl methyl sites for hydroxylation is 3. The van der Waals surface area contributed by atoms with Crippen LogP contribution in [0.3, 0.4) is 0 Å². The summed E-state index contributed by atoms with van der Waals surface area (Å²) in [5, 5.41) is 9.03. The lowest BCUT2D eigenvalue weighted by molar-refractivity contribution is 0.153. The average molecular weight is 319 g/mol. The molecule has 0 radical (unpaired) electrons. The van der Waals surface area contributed by atoms with Gasteiger partial charge in [0.1, 0.15) is 0 Å². The van der Waals surface area contributed by atoms with Crippen LogP contribution in [-0.2, 0) is 13.1 Å². The zero-order chi connectivity index (χ0) is 16.6. The number of nitrogens with zero attached hydrogens (tertiary/aromatic N) is 5. The van der Waals surface area contributed by atoms with Crippen LogP contribution in [0.1, 0.15) is 38.0 Å². The van der Waals surface area contributed by atoms with Crippen molar-refractivity contribution in [2.75, 3.05) is 0 Å². The van der Waals surface area contributed by atoms with E-state index in [1.165, 1.54) is 6.07 Å². The molecule has 0 bridgehead atoms. The third-order valence-corrected chi connectivity index (χ3v) is 3.83. The van der Waals surface area contributed by atoms with Crippen LogP contribution in [-0.4, -0.2) is 24.5 Å². The number of rotatable bonds is 5. The fourth-order valence-corrected chi connectivity index (χ4v) is 2.74. The van der Waals surface area contributed by atoms with Crippen molar-refractivity contribution in [3.63, 3.8) is 0 Å². The molecule has 0 saturated heterocycles. The summed E-state index contributed by atoms with van der Waals surface area (Å²) in [6.07, 6.45) is 1.76. The lowest BCUT2D eigenvalue weighted by Crippen LogP contribution is -2.01. The largest absolute Gasteiger partial charge is 0.272 e. The molecule has 0 fully saturated rings. The van der Waals surface area contributed by atoms with Crippen molar-refractivity contribution in [1.29, 1.82) is 0 Å². The monoisotopic (exact) mass is 319 g/mol. The molecule has 0 amide bonds. The standard InChI is InChI=1S/C16H19F2N5/c1-4-6-23-16-14(10(3)21-23)12(15(17)18)7-13(20-16)11-8-19-22(5-2)9-11/h7-9,15H,4-6H2,1-3H3. The third-order valence-electron chi connectivity index (χ3n) is 3.83. The summed E-state index contributed by atoms with van der Waals surface area (Å²) in [7, 11) is 0. The van der Waals surface area contributed by atoms with Crippen molar-refractivity contribution >= 4 is 11.0 Å². The summed E-state index contributed by atoms with van der Waals surface area (Å²) in [5.74, 6) is 0. The summed E-state index contributed by atoms with van der Waals surface area (Å²) in [6, 6.07) is 1.45. The summed E-state index contributed by atoms with van der Waals surface area (Å²) >= 11 is 0. The maximum absolute atomic E-state index is 13.6. The Morgan fingerprint density at radius 2 is 2.04 bits per heavy atom. The van der Waals surface area contributed by atoms with Crippen LogP contribution in [0, 0.1) is 6.92 Å². The molecule has 0 saturated carbocycles. The lowest BCUT2D eigenvalue weighted by Gasteiger charge is -2.07. The van der Waals surface area contributed by atoms with E-state index >= 15 is 0 Å². The first-order chi connectivity index (χ1) is 11.0. The fraction of sp³-hybridized carbons (Fsp3) is 0.438. The Balaban J connectivity index is 2.25. The van der Waals surface area contributed by atoms with Crippen molar-refractivity contribution < 1.29 is 8.78 Å². The quantitative estimate of drug-likeness (QED) is 0.715. The number of alkyl halides is 2. The minimum Gasteiger partial charge on any atom is -0.272 e. The van der Waals surface area contributed by atoms with E-state index in [4.69, 9.17) is 0 Å². The highest BCUT2D eigenvalue weighted by molar-refractivity contribution is 5.85. The molecule has 0 atom stereocenters. The summed E-state index contributed by atoms with van der Waals surface area (Å²) < 4.78 is 30.6. The first-order valence-electron chi connectivity index (χ1n) is 7.74. The van der Waals surface area contributed by atoms with Gasteiger partial charge in [0.15, 0.2) is 5.65 Å². The zero-order valence-electron chi connectivity index (χ0n) is 13.4. The zero-order valence-corrected chi connectivity index (χ0v) is 13.4. The average Bonchev–Trinajstić information content (AvgIpc) is 3.12. The number of halogens is 2. The molecule has 0 spiro atoms. The van der Waals surface area contributed by atoms with Crippen LogP contribution in [0.5, 0.6) is 0 Å². The predicted molar refractivity (Wildman–Crippen MR) is 84.4 cm³/mol. The van der Waals surface area contributed by atoms with Crippen LogP contribution < -0.4 is 0 Å². The summed E-state index contributed by atoms with van der Waals surface area (Å²) in [4.78, 5) is 4.59. The molecule has 0 aliphatic heterocycles. The van der Waals surface area contributed by atoms with E-state index in [1.54, 1.807) is 22.5 Å². The molecule has 7 heteroatoms. The topological polar surface area (TPSA) is 48.5 Å². The van der Waals surface area contributed by atoms with Gasteiger partial charge in [0.05, 0.1) is 23.0 Å². The number of fused-ring (bicyclic) bond motifs is 1. The SMILES string of the molecule is CCCn1nc(C)c2c(C(F)F)cc(-c3cnn(CC)c3)nc21. The molecule has 3 aromatic rings. The second kappa shape index (κ2) is 6.06. The van der Waals surface area contributed by atoms with Crippen molar-refractivity contribution in [1.82, 2.24) is 24.5 Å². The van der Waals surface area contributed by atoms with E-state index in [2.05, 4.69) is 15.2 Å². The summed E-state index contributed by atoms with van der Waals surface area (Å²) in [5.41, 5.74) is 2.32. The molecular formula is C16H19F2N5. The van der Waals surface area contributed by atoms with E-state index in [0.29, 0.717) is 29.0 Å². The van der Waals surface area contributed by atoms with Crippen molar-refractivity contribution in [3.8, 4) is 11.3 Å². The van der Waals surface area contributed by atoms with Gasteiger partial charge in [0.25, 0.3) is 6.43 Å². The van der Waals surface area contributed by atoms with Gasteiger partial charge in [-0.3, -0.25) is 4.68 Å². The Kier molecular flexibility index (Phi) is 4.11. The van der Waals surface area contributed by atoms with E-state index in [0.717, 1.165) is 18.5 Å². The van der Waals surface area contributed by atoms with Gasteiger partial charge in [-0.1, -0.05) is 6.92 Å². The van der Waals surface area contributed by atoms with E-state index in [1.807, 2.05) is 20.0 Å². The molecule has 23 heavy (non-hydrogen) atoms. The van der Waals surface area contributed by atoms with Gasteiger partial charge >= 0.3 is 0 Å². The van der Waals surface area contributed by atoms with Gasteiger partial charge in [-0.15, -0.1) is 0 Å². The molecule has 0 N–H and O–H groups in total. The van der Waals surface area contributed by atoms with E-state index in [9.17, 15) is 8.78 Å². The number of aromatic nitrogens is 5. The van der Waals surface area contributed by atoms with Gasteiger partial charge in [-0.25, -0.2) is 18.4 Å². The minimum absolute atomic E-state index is 0.0194. The van der Waals surface area contributed by atoms with Crippen molar-refractivity contribution in [2.24, 2.45) is 0 Å². The molecule has 5 nitrogen and oxygen atoms in total. The van der Waals surface area contributed by atoms with Crippen LogP contribution >= 0.6 is 0 Å². The minimum atomic E-state index is -2.57. The van der Waals surface area contributed by atoms with E-state index in [-0.39, 0.29) is 5.56 Å². The van der Waals surface area contributed by atoms with Crippen molar-refractivity contribution in [3.05, 3.63) is 29.7 Å². The maximum Gasteiger partial charge on any atom is 0.264 e. The Morgan fingerprint density at radius 3 is 2.65 bits per heavy atom. The van der Waals surface area contributed by atoms with Gasteiger partial charge in [-0.2, -0.15) is 10.2 Å². The molecule has 0 unspecified atom stereocenters. The fourth-order valence-electron chi connectivity index (χ4n) is 2.74. The van der Waals surface area contributed by atoms with Crippen LogP contribution in [0.4, 0.5) is 8.78 Å². The van der Waals surface area contributed by atoms with Crippen molar-refractivity contribution in [2.45, 2.75) is 46.7 Å². The molecular weight excluding hydrogens is 300 g/mol. The van der Waals surface area contributed by atoms with Crippen LogP contribution in [0.2, 0.25) is 0 Å². The Hall–Kier alpha value is -2.31. The molecule has 3 rings (SSSR count). The molecule has 0 aromatic carbocycles. The Labute approximate surface area is 132 Å². The Morgan fingerprint density at radius 1 is 1.26 bits per heavy atom. The Bertz CT molecular complexity index is 834. The normalized spacial score (nSPS) is 11.7. The third kappa shape index (κ3) is 2.71. The first kappa shape index (κ1) is 15.6. The number of hydrogen-bond acceptors (Lipinski definition) is 3. The predicted octanol–water partition coefficient (Wildman–Crippen LogP) is 3.97. The summed E-state index contributed by atoms with van der Waals surface area (Å²) in [6.45, 7) is 7.11. The van der Waals surface area contributed by atoms with Crippen LogP contribution in [0.15, 0.2) is 18.5 Å². The van der Waals surface area contributed by atoms with Crippen LogP contribution in [0.25, 0.3) is 22.3 Å². The number of hydrogen-bond donors (Lipinski definition) is 0. The van der Waals surface area contributed by atoms with Gasteiger partial charge in [-0.05, 0) is 26.3 Å². The van der Waals surface area contributed by atoms with Gasteiger partial charge in [0.2, 0.25) is 0 Å². The highest BCUT2D eigenvalue weighted by Crippen LogP contribution is 2.32. The van der Waals surface area contributed by atoms with Gasteiger partial charge in [0, 0.05) is 30.4 Å². The molecule has 0 aliphatic carbocycles. The molecule has 122 valence electrons. The second-order valence-corrected chi connectivity index (χ2v) is 5.49. The first-order valence-corrected chi connectivity index (χ1v) is 7.74.